The molecule has 0 bridgehead atoms. The zero-order chi connectivity index (χ0) is 18.0. The van der Waals surface area contributed by atoms with Crippen LogP contribution in [0.15, 0.2) is 23.1 Å². The fraction of sp³-hybridized carbons (Fsp3) is 0.562. The molecule has 3 N–H and O–H groups in total. The predicted octanol–water partition coefficient (Wildman–Crippen LogP) is 2.40. The lowest BCUT2D eigenvalue weighted by molar-refractivity contribution is -0.116. The first-order valence-electron chi connectivity index (χ1n) is 7.94. The van der Waals surface area contributed by atoms with Crippen molar-refractivity contribution in [3.05, 3.63) is 24.0 Å². The first kappa shape index (κ1) is 21.8. The van der Waals surface area contributed by atoms with Gasteiger partial charge in [0.2, 0.25) is 15.9 Å². The van der Waals surface area contributed by atoms with Gasteiger partial charge in [-0.15, -0.1) is 12.4 Å². The third-order valence-electron chi connectivity index (χ3n) is 3.54. The van der Waals surface area contributed by atoms with Crippen LogP contribution in [0.4, 0.5) is 10.1 Å². The number of benzene rings is 1. The van der Waals surface area contributed by atoms with Crippen molar-refractivity contribution in [2.75, 3.05) is 11.9 Å². The second-order valence-electron chi connectivity index (χ2n) is 7.05. The molecule has 1 aliphatic heterocycles. The van der Waals surface area contributed by atoms with Gasteiger partial charge in [0, 0.05) is 23.7 Å². The van der Waals surface area contributed by atoms with Gasteiger partial charge in [-0.25, -0.2) is 17.5 Å². The molecule has 1 aromatic carbocycles. The van der Waals surface area contributed by atoms with Crippen LogP contribution in [0.25, 0.3) is 0 Å². The number of nitrogens with one attached hydrogen (secondary N) is 3. The molecule has 1 amide bonds. The highest BCUT2D eigenvalue weighted by Crippen LogP contribution is 2.21. The molecule has 2 rings (SSSR count). The second kappa shape index (κ2) is 8.44. The summed E-state index contributed by atoms with van der Waals surface area (Å²) in [5.41, 5.74) is -0.479. The quantitative estimate of drug-likeness (QED) is 0.716. The Morgan fingerprint density at radius 2 is 2.04 bits per heavy atom. The highest BCUT2D eigenvalue weighted by atomic mass is 35.5. The van der Waals surface area contributed by atoms with Crippen molar-refractivity contribution < 1.29 is 17.6 Å². The molecule has 1 aliphatic rings. The van der Waals surface area contributed by atoms with Gasteiger partial charge in [0.25, 0.3) is 0 Å². The van der Waals surface area contributed by atoms with E-state index in [4.69, 9.17) is 0 Å². The summed E-state index contributed by atoms with van der Waals surface area (Å²) in [5.74, 6) is -1.09. The van der Waals surface area contributed by atoms with E-state index in [1.807, 2.05) is 0 Å². The molecule has 6 nitrogen and oxygen atoms in total. The van der Waals surface area contributed by atoms with E-state index in [1.54, 1.807) is 20.8 Å². The number of sulfonamides is 1. The Bertz CT molecular complexity index is 714. The second-order valence-corrected chi connectivity index (χ2v) is 8.70. The summed E-state index contributed by atoms with van der Waals surface area (Å²) in [4.78, 5) is 11.6. The number of carbonyl (C=O) groups is 1. The zero-order valence-corrected chi connectivity index (χ0v) is 16.2. The van der Waals surface area contributed by atoms with E-state index in [0.29, 0.717) is 6.42 Å². The molecule has 0 aromatic heterocycles. The smallest absolute Gasteiger partial charge is 0.244 e. The minimum absolute atomic E-state index is 0. The summed E-state index contributed by atoms with van der Waals surface area (Å²) < 4.78 is 41.0. The lowest BCUT2D eigenvalue weighted by Gasteiger charge is -2.21. The van der Waals surface area contributed by atoms with Crippen molar-refractivity contribution in [3.63, 3.8) is 0 Å². The Hall–Kier alpha value is -1.22. The lowest BCUT2D eigenvalue weighted by atomic mass is 10.1. The van der Waals surface area contributed by atoms with E-state index < -0.39 is 26.3 Å². The van der Waals surface area contributed by atoms with E-state index in [2.05, 4.69) is 15.4 Å². The van der Waals surface area contributed by atoms with Crippen LogP contribution < -0.4 is 15.4 Å². The number of carbonyl (C=O) groups excluding carboxylic acids is 1. The van der Waals surface area contributed by atoms with Gasteiger partial charge in [-0.3, -0.25) is 4.79 Å². The van der Waals surface area contributed by atoms with Gasteiger partial charge < -0.3 is 10.6 Å². The van der Waals surface area contributed by atoms with Crippen molar-refractivity contribution in [1.29, 1.82) is 0 Å². The van der Waals surface area contributed by atoms with Crippen LogP contribution in [-0.4, -0.2) is 32.5 Å². The van der Waals surface area contributed by atoms with E-state index in [-0.39, 0.29) is 30.0 Å². The van der Waals surface area contributed by atoms with Crippen LogP contribution in [0.3, 0.4) is 0 Å². The van der Waals surface area contributed by atoms with Gasteiger partial charge in [0.1, 0.15) is 10.7 Å². The Kier molecular flexibility index (Phi) is 7.37. The first-order valence-corrected chi connectivity index (χ1v) is 9.42. The van der Waals surface area contributed by atoms with Crippen LogP contribution in [0.1, 0.15) is 40.0 Å². The molecule has 142 valence electrons. The summed E-state index contributed by atoms with van der Waals surface area (Å²) in [6.45, 7) is 5.91. The number of halogens is 2. The van der Waals surface area contributed by atoms with Gasteiger partial charge in [-0.05, 0) is 58.4 Å². The van der Waals surface area contributed by atoms with E-state index in [0.717, 1.165) is 31.5 Å². The number of anilines is 1. The van der Waals surface area contributed by atoms with Gasteiger partial charge in [-0.2, -0.15) is 0 Å². The molecule has 9 heteroatoms. The molecular weight excluding hydrogens is 369 g/mol. The summed E-state index contributed by atoms with van der Waals surface area (Å²) >= 11 is 0. The number of amides is 1. The molecule has 25 heavy (non-hydrogen) atoms. The molecule has 0 aliphatic carbocycles. The maximum absolute atomic E-state index is 14.0. The van der Waals surface area contributed by atoms with Crippen molar-refractivity contribution in [2.45, 2.75) is 56.5 Å². The van der Waals surface area contributed by atoms with Crippen LogP contribution in [-0.2, 0) is 14.8 Å². The lowest BCUT2D eigenvalue weighted by Crippen LogP contribution is -2.40. The normalized spacial score (nSPS) is 17.8. The van der Waals surface area contributed by atoms with Crippen molar-refractivity contribution >= 4 is 34.0 Å². The monoisotopic (exact) mass is 393 g/mol. The van der Waals surface area contributed by atoms with E-state index >= 15 is 0 Å². The molecule has 0 spiro atoms. The SMILES string of the molecule is CC(C)(C)NS(=O)(=O)c1cc(NC(=O)CC2CCCN2)ccc1F.Cl. The van der Waals surface area contributed by atoms with Crippen molar-refractivity contribution in [2.24, 2.45) is 0 Å². The third kappa shape index (κ3) is 6.54. The predicted molar refractivity (Wildman–Crippen MR) is 98.0 cm³/mol. The van der Waals surface area contributed by atoms with Crippen LogP contribution in [0.2, 0.25) is 0 Å². The zero-order valence-electron chi connectivity index (χ0n) is 14.6. The van der Waals surface area contributed by atoms with Crippen molar-refractivity contribution in [3.8, 4) is 0 Å². The molecule has 1 aromatic rings. The molecule has 0 radical (unpaired) electrons. The minimum atomic E-state index is -4.02. The van der Waals surface area contributed by atoms with Crippen LogP contribution >= 0.6 is 12.4 Å². The highest BCUT2D eigenvalue weighted by Gasteiger charge is 2.25. The summed E-state index contributed by atoms with van der Waals surface area (Å²) in [6, 6.07) is 3.67. The van der Waals surface area contributed by atoms with E-state index in [1.165, 1.54) is 6.07 Å². The summed E-state index contributed by atoms with van der Waals surface area (Å²) in [5, 5.41) is 5.85. The highest BCUT2D eigenvalue weighted by molar-refractivity contribution is 7.89. The largest absolute Gasteiger partial charge is 0.326 e. The van der Waals surface area contributed by atoms with E-state index in [9.17, 15) is 17.6 Å². The number of hydrogen-bond donors (Lipinski definition) is 3. The molecule has 1 heterocycles. The van der Waals surface area contributed by atoms with Gasteiger partial charge in [0.05, 0.1) is 0 Å². The first-order chi connectivity index (χ1) is 11.1. The average Bonchev–Trinajstić information content (AvgIpc) is 2.90. The van der Waals surface area contributed by atoms with Crippen molar-refractivity contribution in [1.82, 2.24) is 10.0 Å². The summed E-state index contributed by atoms with van der Waals surface area (Å²) in [7, 11) is -4.02. The molecule has 0 saturated carbocycles. The minimum Gasteiger partial charge on any atom is -0.326 e. The standard InChI is InChI=1S/C16H24FN3O3S.ClH/c1-16(2,3)20-24(22,23)14-9-12(6-7-13(14)17)19-15(21)10-11-5-4-8-18-11;/h6-7,9,11,18,20H,4-5,8,10H2,1-3H3,(H,19,21);1H. The third-order valence-corrected chi connectivity index (χ3v) is 5.31. The Balaban J connectivity index is 0.00000312. The Labute approximate surface area is 154 Å². The van der Waals surface area contributed by atoms with Gasteiger partial charge >= 0.3 is 0 Å². The molecular formula is C16H25ClFN3O3S. The van der Waals surface area contributed by atoms with Crippen LogP contribution in [0.5, 0.6) is 0 Å². The van der Waals surface area contributed by atoms with Gasteiger partial charge in [0.15, 0.2) is 0 Å². The fourth-order valence-electron chi connectivity index (χ4n) is 2.61. The molecule has 1 atom stereocenters. The fourth-order valence-corrected chi connectivity index (χ4v) is 4.13. The maximum atomic E-state index is 14.0. The molecule has 1 saturated heterocycles. The molecule has 1 unspecified atom stereocenters. The summed E-state index contributed by atoms with van der Waals surface area (Å²) in [6.07, 6.45) is 2.28. The maximum Gasteiger partial charge on any atom is 0.244 e. The number of hydrogen-bond acceptors (Lipinski definition) is 4. The average molecular weight is 394 g/mol. The topological polar surface area (TPSA) is 87.3 Å². The number of rotatable bonds is 5. The van der Waals surface area contributed by atoms with Crippen LogP contribution in [0, 0.1) is 5.82 Å². The Morgan fingerprint density at radius 1 is 1.36 bits per heavy atom. The van der Waals surface area contributed by atoms with Gasteiger partial charge in [-0.1, -0.05) is 0 Å². The Morgan fingerprint density at radius 3 is 2.60 bits per heavy atom. The molecule has 1 fully saturated rings.